The number of benzene rings is 1. The number of hydrogen-bond donors (Lipinski definition) is 0. The summed E-state index contributed by atoms with van der Waals surface area (Å²) >= 11 is 0. The molecule has 1 aromatic carbocycles. The van der Waals surface area contributed by atoms with E-state index in [1.165, 1.54) is 26.4 Å². The molecule has 0 heterocycles. The highest BCUT2D eigenvalue weighted by atomic mass is 16.5. The van der Waals surface area contributed by atoms with Crippen LogP contribution in [0.15, 0.2) is 12.1 Å². The van der Waals surface area contributed by atoms with Crippen molar-refractivity contribution in [2.45, 2.75) is 26.4 Å². The van der Waals surface area contributed by atoms with Crippen molar-refractivity contribution in [2.75, 3.05) is 14.2 Å². The fraction of sp³-hybridized carbons (Fsp3) is 0.400. The largest absolute Gasteiger partial charge is 0.491 e. The maximum Gasteiger partial charge on any atom is 0.338 e. The Hall–Kier alpha value is -2.55. The van der Waals surface area contributed by atoms with Crippen molar-refractivity contribution in [3.05, 3.63) is 28.8 Å². The van der Waals surface area contributed by atoms with Gasteiger partial charge in [-0.3, -0.25) is 0 Å². The second kappa shape index (κ2) is 7.29. The molecular weight excluding hydrogens is 274 g/mol. The van der Waals surface area contributed by atoms with Crippen molar-refractivity contribution >= 4 is 11.9 Å². The van der Waals surface area contributed by atoms with Crippen LogP contribution in [0.2, 0.25) is 0 Å². The van der Waals surface area contributed by atoms with E-state index in [1.807, 2.05) is 19.9 Å². The molecule has 0 bridgehead atoms. The lowest BCUT2D eigenvalue weighted by atomic mass is 9.98. The van der Waals surface area contributed by atoms with E-state index in [4.69, 9.17) is 19.5 Å². The van der Waals surface area contributed by atoms with Crippen LogP contribution in [0.3, 0.4) is 0 Å². The summed E-state index contributed by atoms with van der Waals surface area (Å²) in [5.74, 6) is -0.938. The predicted octanol–water partition coefficient (Wildman–Crippen LogP) is 2.11. The zero-order valence-corrected chi connectivity index (χ0v) is 12.4. The molecule has 0 aliphatic heterocycles. The number of nitrogens with zero attached hydrogens (tertiary/aromatic N) is 1. The Morgan fingerprint density at radius 2 is 1.62 bits per heavy atom. The maximum absolute atomic E-state index is 11.9. The number of methoxy groups -OCH3 is 2. The lowest BCUT2D eigenvalue weighted by Gasteiger charge is -2.15. The number of ether oxygens (including phenoxy) is 3. The molecule has 112 valence electrons. The average Bonchev–Trinajstić information content (AvgIpc) is 2.46. The Labute approximate surface area is 123 Å². The first-order chi connectivity index (χ1) is 9.94. The first kappa shape index (κ1) is 16.5. The number of esters is 2. The Morgan fingerprint density at radius 1 is 1.14 bits per heavy atom. The van der Waals surface area contributed by atoms with Crippen molar-refractivity contribution in [1.29, 1.82) is 5.26 Å². The summed E-state index contributed by atoms with van der Waals surface area (Å²) in [6.45, 7) is 3.64. The highest BCUT2D eigenvalue weighted by Crippen LogP contribution is 2.25. The molecule has 0 atom stereocenters. The van der Waals surface area contributed by atoms with Gasteiger partial charge in [0.15, 0.2) is 0 Å². The van der Waals surface area contributed by atoms with E-state index >= 15 is 0 Å². The van der Waals surface area contributed by atoms with E-state index < -0.39 is 11.9 Å². The third-order valence-corrected chi connectivity index (χ3v) is 2.66. The smallest absolute Gasteiger partial charge is 0.338 e. The van der Waals surface area contributed by atoms with Crippen LogP contribution in [0.1, 0.15) is 40.1 Å². The van der Waals surface area contributed by atoms with Gasteiger partial charge >= 0.3 is 11.9 Å². The van der Waals surface area contributed by atoms with E-state index in [-0.39, 0.29) is 29.2 Å². The summed E-state index contributed by atoms with van der Waals surface area (Å²) in [6, 6.07) is 4.85. The Morgan fingerprint density at radius 3 is 1.95 bits per heavy atom. The molecule has 0 aromatic heterocycles. The second-order valence-corrected chi connectivity index (χ2v) is 4.48. The summed E-state index contributed by atoms with van der Waals surface area (Å²) in [4.78, 5) is 23.7. The molecule has 0 aliphatic rings. The van der Waals surface area contributed by atoms with Gasteiger partial charge in [0.1, 0.15) is 5.75 Å². The van der Waals surface area contributed by atoms with Crippen LogP contribution in [0, 0.1) is 11.3 Å². The standard InChI is InChI=1S/C15H17NO5/c1-9(2)21-10-7-12(14(17)19-3)11(5-6-16)13(8-10)15(18)20-4/h7-9H,5H2,1-4H3. The molecule has 0 amide bonds. The zero-order valence-electron chi connectivity index (χ0n) is 12.4. The second-order valence-electron chi connectivity index (χ2n) is 4.48. The van der Waals surface area contributed by atoms with Gasteiger partial charge in [-0.25, -0.2) is 9.59 Å². The van der Waals surface area contributed by atoms with E-state index in [9.17, 15) is 9.59 Å². The molecule has 0 aliphatic carbocycles. The monoisotopic (exact) mass is 291 g/mol. The predicted molar refractivity (Wildman–Crippen MR) is 74.2 cm³/mol. The minimum atomic E-state index is -0.639. The number of hydrogen-bond acceptors (Lipinski definition) is 6. The van der Waals surface area contributed by atoms with Crippen LogP contribution in [-0.4, -0.2) is 32.3 Å². The van der Waals surface area contributed by atoms with Gasteiger partial charge in [0.25, 0.3) is 0 Å². The summed E-state index contributed by atoms with van der Waals surface area (Å²) in [7, 11) is 2.46. The molecule has 0 saturated heterocycles. The zero-order chi connectivity index (χ0) is 16.0. The van der Waals surface area contributed by atoms with Crippen molar-refractivity contribution < 1.29 is 23.8 Å². The van der Waals surface area contributed by atoms with Crippen molar-refractivity contribution in [1.82, 2.24) is 0 Å². The number of nitriles is 1. The molecule has 0 N–H and O–H groups in total. The Kier molecular flexibility index (Phi) is 5.73. The van der Waals surface area contributed by atoms with Crippen molar-refractivity contribution in [3.63, 3.8) is 0 Å². The van der Waals surface area contributed by atoms with Gasteiger partial charge in [-0.15, -0.1) is 0 Å². The molecule has 1 aromatic rings. The number of carbonyl (C=O) groups excluding carboxylic acids is 2. The topological polar surface area (TPSA) is 85.6 Å². The summed E-state index contributed by atoms with van der Waals surface area (Å²) < 4.78 is 14.9. The van der Waals surface area contributed by atoms with Crippen LogP contribution in [-0.2, 0) is 15.9 Å². The number of rotatable bonds is 5. The number of carbonyl (C=O) groups is 2. The van der Waals surface area contributed by atoms with Crippen molar-refractivity contribution in [2.24, 2.45) is 0 Å². The fourth-order valence-electron chi connectivity index (χ4n) is 1.84. The lowest BCUT2D eigenvalue weighted by Crippen LogP contribution is -2.15. The van der Waals surface area contributed by atoms with E-state index in [0.29, 0.717) is 5.75 Å². The molecule has 6 heteroatoms. The van der Waals surface area contributed by atoms with Crippen molar-refractivity contribution in [3.8, 4) is 11.8 Å². The normalized spacial score (nSPS) is 9.90. The SMILES string of the molecule is COC(=O)c1cc(OC(C)C)cc(C(=O)OC)c1CC#N. The van der Waals surface area contributed by atoms with Gasteiger partial charge in [-0.2, -0.15) is 5.26 Å². The fourth-order valence-corrected chi connectivity index (χ4v) is 1.84. The third kappa shape index (κ3) is 3.96. The van der Waals surface area contributed by atoms with Crippen LogP contribution in [0.4, 0.5) is 0 Å². The molecule has 0 saturated carbocycles. The summed E-state index contributed by atoms with van der Waals surface area (Å²) in [5.41, 5.74) is 0.516. The molecule has 0 fully saturated rings. The van der Waals surface area contributed by atoms with Gasteiger partial charge < -0.3 is 14.2 Å². The first-order valence-corrected chi connectivity index (χ1v) is 6.31. The molecule has 0 spiro atoms. The van der Waals surface area contributed by atoms with Gasteiger partial charge in [0.2, 0.25) is 0 Å². The van der Waals surface area contributed by atoms with Crippen LogP contribution < -0.4 is 4.74 Å². The third-order valence-electron chi connectivity index (χ3n) is 2.66. The molecule has 1 rings (SSSR count). The molecule has 6 nitrogen and oxygen atoms in total. The van der Waals surface area contributed by atoms with Crippen LogP contribution >= 0.6 is 0 Å². The summed E-state index contributed by atoms with van der Waals surface area (Å²) in [5, 5.41) is 8.91. The molecular formula is C15H17NO5. The maximum atomic E-state index is 11.9. The van der Waals surface area contributed by atoms with Gasteiger partial charge in [-0.1, -0.05) is 0 Å². The van der Waals surface area contributed by atoms with E-state index in [0.717, 1.165) is 0 Å². The highest BCUT2D eigenvalue weighted by molar-refractivity contribution is 5.99. The Balaban J connectivity index is 3.53. The van der Waals surface area contributed by atoms with E-state index in [2.05, 4.69) is 0 Å². The van der Waals surface area contributed by atoms with E-state index in [1.54, 1.807) is 0 Å². The quantitative estimate of drug-likeness (QED) is 0.772. The van der Waals surface area contributed by atoms with Gasteiger partial charge in [0.05, 0.1) is 43.9 Å². The Bertz CT molecular complexity index is 549. The lowest BCUT2D eigenvalue weighted by molar-refractivity contribution is 0.0595. The molecule has 0 radical (unpaired) electrons. The van der Waals surface area contributed by atoms with Crippen LogP contribution in [0.25, 0.3) is 0 Å². The highest BCUT2D eigenvalue weighted by Gasteiger charge is 2.22. The molecule has 21 heavy (non-hydrogen) atoms. The summed E-state index contributed by atoms with van der Waals surface area (Å²) in [6.07, 6.45) is -0.251. The molecule has 0 unspecified atom stereocenters. The first-order valence-electron chi connectivity index (χ1n) is 6.31. The minimum absolute atomic E-state index is 0.114. The minimum Gasteiger partial charge on any atom is -0.491 e. The van der Waals surface area contributed by atoms with Gasteiger partial charge in [0, 0.05) is 0 Å². The van der Waals surface area contributed by atoms with Crippen LogP contribution in [0.5, 0.6) is 5.75 Å². The van der Waals surface area contributed by atoms with Gasteiger partial charge in [-0.05, 0) is 31.5 Å². The average molecular weight is 291 g/mol.